The fourth-order valence-electron chi connectivity index (χ4n) is 2.43. The molecule has 0 unspecified atom stereocenters. The van der Waals surface area contributed by atoms with Crippen molar-refractivity contribution in [2.75, 3.05) is 30.3 Å². The molecule has 1 aromatic rings. The molecule has 0 bridgehead atoms. The Balaban J connectivity index is 1.67. The number of aromatic nitrogens is 1. The van der Waals surface area contributed by atoms with E-state index in [1.165, 1.54) is 0 Å². The molecule has 7 heteroatoms. The summed E-state index contributed by atoms with van der Waals surface area (Å²) in [4.78, 5) is 6.64. The molecule has 1 aliphatic heterocycles. The molecular formula is C13H22N4O2S. The average Bonchev–Trinajstić information content (AvgIpc) is 2.44. The Kier molecular flexibility index (Phi) is 5.33. The van der Waals surface area contributed by atoms with Crippen molar-refractivity contribution < 1.29 is 8.42 Å². The van der Waals surface area contributed by atoms with Crippen LogP contribution in [0.5, 0.6) is 0 Å². The monoisotopic (exact) mass is 298 g/mol. The lowest BCUT2D eigenvalue weighted by Crippen LogP contribution is -2.43. The average molecular weight is 298 g/mol. The maximum Gasteiger partial charge on any atom is 0.209 e. The number of hydrogen-bond acceptors (Lipinski definition) is 5. The van der Waals surface area contributed by atoms with Gasteiger partial charge in [0.15, 0.2) is 0 Å². The minimum atomic E-state index is -3.33. The summed E-state index contributed by atoms with van der Waals surface area (Å²) in [6.07, 6.45) is 4.48. The van der Waals surface area contributed by atoms with Crippen LogP contribution in [0, 0.1) is 0 Å². The molecule has 1 saturated heterocycles. The molecule has 2 heterocycles. The summed E-state index contributed by atoms with van der Waals surface area (Å²) in [5.41, 5.74) is 0. The van der Waals surface area contributed by atoms with Gasteiger partial charge in [-0.1, -0.05) is 6.07 Å². The normalized spacial score (nSPS) is 17.4. The standard InChI is InChI=1S/C13H22N4O2S/c14-20(18,19)11-3-8-15-12-5-9-17(10-6-12)13-4-1-2-7-16-13/h1-2,4,7,12,15H,3,5-6,8-11H2,(H2,14,18,19). The zero-order chi connectivity index (χ0) is 14.4. The van der Waals surface area contributed by atoms with Crippen LogP contribution in [-0.2, 0) is 10.0 Å². The Morgan fingerprint density at radius 1 is 1.35 bits per heavy atom. The topological polar surface area (TPSA) is 88.3 Å². The Morgan fingerprint density at radius 2 is 2.10 bits per heavy atom. The Hall–Kier alpha value is -1.18. The number of anilines is 1. The zero-order valence-corrected chi connectivity index (χ0v) is 12.3. The van der Waals surface area contributed by atoms with Gasteiger partial charge >= 0.3 is 0 Å². The van der Waals surface area contributed by atoms with Gasteiger partial charge in [0.1, 0.15) is 5.82 Å². The van der Waals surface area contributed by atoms with Crippen molar-refractivity contribution in [2.24, 2.45) is 5.14 Å². The first-order valence-corrected chi connectivity index (χ1v) is 8.66. The molecule has 0 aliphatic carbocycles. The zero-order valence-electron chi connectivity index (χ0n) is 11.5. The predicted molar refractivity (Wildman–Crippen MR) is 80.1 cm³/mol. The lowest BCUT2D eigenvalue weighted by molar-refractivity contribution is 0.414. The van der Waals surface area contributed by atoms with Gasteiger partial charge in [-0.15, -0.1) is 0 Å². The number of nitrogens with two attached hydrogens (primary N) is 1. The highest BCUT2D eigenvalue weighted by Crippen LogP contribution is 2.17. The van der Waals surface area contributed by atoms with Gasteiger partial charge in [0.2, 0.25) is 10.0 Å². The third kappa shape index (κ3) is 5.07. The molecule has 1 aliphatic rings. The Morgan fingerprint density at radius 3 is 2.70 bits per heavy atom. The summed E-state index contributed by atoms with van der Waals surface area (Å²) in [6, 6.07) is 6.40. The van der Waals surface area contributed by atoms with Crippen LogP contribution in [0.3, 0.4) is 0 Å². The number of hydrogen-bond donors (Lipinski definition) is 2. The summed E-state index contributed by atoms with van der Waals surface area (Å²) < 4.78 is 21.6. The summed E-state index contributed by atoms with van der Waals surface area (Å²) >= 11 is 0. The van der Waals surface area contributed by atoms with Crippen LogP contribution in [0.1, 0.15) is 19.3 Å². The maximum atomic E-state index is 10.8. The van der Waals surface area contributed by atoms with E-state index in [-0.39, 0.29) is 5.75 Å². The van der Waals surface area contributed by atoms with Crippen LogP contribution < -0.4 is 15.4 Å². The molecule has 0 atom stereocenters. The number of nitrogens with one attached hydrogen (secondary N) is 1. The molecule has 2 rings (SSSR count). The number of rotatable bonds is 6. The van der Waals surface area contributed by atoms with Gasteiger partial charge in [-0.05, 0) is 37.9 Å². The molecule has 1 aromatic heterocycles. The van der Waals surface area contributed by atoms with Crippen LogP contribution in [0.2, 0.25) is 0 Å². The third-order valence-corrected chi connectivity index (χ3v) is 4.36. The molecule has 0 aromatic carbocycles. The van der Waals surface area contributed by atoms with E-state index in [9.17, 15) is 8.42 Å². The SMILES string of the molecule is NS(=O)(=O)CCCNC1CCN(c2ccccn2)CC1. The van der Waals surface area contributed by atoms with Crippen molar-refractivity contribution in [1.29, 1.82) is 0 Å². The van der Waals surface area contributed by atoms with Crippen molar-refractivity contribution in [1.82, 2.24) is 10.3 Å². The second kappa shape index (κ2) is 7.01. The largest absolute Gasteiger partial charge is 0.357 e. The van der Waals surface area contributed by atoms with Crippen LogP contribution in [0.15, 0.2) is 24.4 Å². The van der Waals surface area contributed by atoms with E-state index in [1.54, 1.807) is 0 Å². The van der Waals surface area contributed by atoms with E-state index in [4.69, 9.17) is 5.14 Å². The molecular weight excluding hydrogens is 276 g/mol. The van der Waals surface area contributed by atoms with Crippen LogP contribution >= 0.6 is 0 Å². The van der Waals surface area contributed by atoms with E-state index >= 15 is 0 Å². The first-order chi connectivity index (χ1) is 9.54. The van der Waals surface area contributed by atoms with Crippen molar-refractivity contribution in [2.45, 2.75) is 25.3 Å². The highest BCUT2D eigenvalue weighted by Gasteiger charge is 2.19. The first-order valence-electron chi connectivity index (χ1n) is 6.94. The Labute approximate surface area is 120 Å². The second-order valence-electron chi connectivity index (χ2n) is 5.12. The van der Waals surface area contributed by atoms with Gasteiger partial charge in [0.25, 0.3) is 0 Å². The fraction of sp³-hybridized carbons (Fsp3) is 0.615. The van der Waals surface area contributed by atoms with Gasteiger partial charge in [-0.25, -0.2) is 18.5 Å². The van der Waals surface area contributed by atoms with E-state index in [1.807, 2.05) is 24.4 Å². The van der Waals surface area contributed by atoms with E-state index < -0.39 is 10.0 Å². The van der Waals surface area contributed by atoms with Crippen molar-refractivity contribution in [3.05, 3.63) is 24.4 Å². The van der Waals surface area contributed by atoms with Gasteiger partial charge < -0.3 is 10.2 Å². The molecule has 112 valence electrons. The number of sulfonamides is 1. The summed E-state index contributed by atoms with van der Waals surface area (Å²) in [5, 5.41) is 8.37. The van der Waals surface area contributed by atoms with Crippen molar-refractivity contribution in [3.8, 4) is 0 Å². The van der Waals surface area contributed by atoms with Crippen LogP contribution in [0.4, 0.5) is 5.82 Å². The summed E-state index contributed by atoms with van der Waals surface area (Å²) in [5.74, 6) is 1.08. The maximum absolute atomic E-state index is 10.8. The number of pyridine rings is 1. The second-order valence-corrected chi connectivity index (χ2v) is 6.86. The minimum Gasteiger partial charge on any atom is -0.357 e. The lowest BCUT2D eigenvalue weighted by Gasteiger charge is -2.33. The van der Waals surface area contributed by atoms with Crippen LogP contribution in [0.25, 0.3) is 0 Å². The highest BCUT2D eigenvalue weighted by molar-refractivity contribution is 7.89. The van der Waals surface area contributed by atoms with E-state index in [0.717, 1.165) is 31.7 Å². The third-order valence-electron chi connectivity index (χ3n) is 3.51. The molecule has 0 radical (unpaired) electrons. The first kappa shape index (κ1) is 15.2. The van der Waals surface area contributed by atoms with Gasteiger partial charge in [0.05, 0.1) is 5.75 Å². The lowest BCUT2D eigenvalue weighted by atomic mass is 10.0. The van der Waals surface area contributed by atoms with Crippen molar-refractivity contribution in [3.63, 3.8) is 0 Å². The smallest absolute Gasteiger partial charge is 0.209 e. The van der Waals surface area contributed by atoms with Gasteiger partial charge in [0, 0.05) is 25.3 Å². The number of piperidine rings is 1. The molecule has 0 saturated carbocycles. The predicted octanol–water partition coefficient (Wildman–Crippen LogP) is 0.319. The van der Waals surface area contributed by atoms with Crippen LogP contribution in [-0.4, -0.2) is 44.8 Å². The van der Waals surface area contributed by atoms with Gasteiger partial charge in [-0.3, -0.25) is 0 Å². The Bertz CT molecular complexity index is 498. The van der Waals surface area contributed by atoms with Gasteiger partial charge in [-0.2, -0.15) is 0 Å². The fourth-order valence-corrected chi connectivity index (χ4v) is 2.98. The number of primary sulfonamides is 1. The summed E-state index contributed by atoms with van der Waals surface area (Å²) in [6.45, 7) is 2.65. The molecule has 20 heavy (non-hydrogen) atoms. The van der Waals surface area contributed by atoms with Crippen molar-refractivity contribution >= 4 is 15.8 Å². The summed E-state index contributed by atoms with van der Waals surface area (Å²) in [7, 11) is -3.33. The number of nitrogens with zero attached hydrogens (tertiary/aromatic N) is 2. The highest BCUT2D eigenvalue weighted by atomic mass is 32.2. The van der Waals surface area contributed by atoms with E-state index in [2.05, 4.69) is 15.2 Å². The molecule has 0 spiro atoms. The quantitative estimate of drug-likeness (QED) is 0.738. The molecule has 1 fully saturated rings. The molecule has 0 amide bonds. The molecule has 6 nitrogen and oxygen atoms in total. The van der Waals surface area contributed by atoms with E-state index in [0.29, 0.717) is 19.0 Å². The minimum absolute atomic E-state index is 0.0484. The molecule has 3 N–H and O–H groups in total.